The van der Waals surface area contributed by atoms with Gasteiger partial charge in [-0.05, 0) is 36.8 Å². The number of ether oxygens (including phenoxy) is 1. The molecule has 1 aliphatic heterocycles. The van der Waals surface area contributed by atoms with Crippen LogP contribution in [-0.2, 0) is 9.59 Å². The van der Waals surface area contributed by atoms with Crippen molar-refractivity contribution in [3.63, 3.8) is 0 Å². The van der Waals surface area contributed by atoms with Gasteiger partial charge in [0.15, 0.2) is 0 Å². The smallest absolute Gasteiger partial charge is 0.359 e. The fourth-order valence-electron chi connectivity index (χ4n) is 2.52. The lowest BCUT2D eigenvalue weighted by molar-refractivity contribution is -0.127. The molecule has 1 heterocycles. The Morgan fingerprint density at radius 2 is 1.92 bits per heavy atom. The highest BCUT2D eigenvalue weighted by Gasteiger charge is 2.35. The van der Waals surface area contributed by atoms with E-state index in [-0.39, 0.29) is 12.1 Å². The minimum atomic E-state index is -0.701. The number of nitrogens with two attached hydrogens (primary N) is 1. The van der Waals surface area contributed by atoms with E-state index in [0.29, 0.717) is 11.4 Å². The average Bonchev–Trinajstić information content (AvgIpc) is 3.01. The van der Waals surface area contributed by atoms with Crippen LogP contribution in [0.25, 0.3) is 0 Å². The van der Waals surface area contributed by atoms with Gasteiger partial charge in [0.2, 0.25) is 5.91 Å². The van der Waals surface area contributed by atoms with E-state index in [9.17, 15) is 9.59 Å². The van der Waals surface area contributed by atoms with Crippen LogP contribution < -0.4 is 15.5 Å². The van der Waals surface area contributed by atoms with Crippen LogP contribution in [0, 0.1) is 6.92 Å². The summed E-state index contributed by atoms with van der Waals surface area (Å²) < 4.78 is 5.34. The fraction of sp³-hybridized carbons (Fsp3) is 0.167. The van der Waals surface area contributed by atoms with Gasteiger partial charge in [-0.3, -0.25) is 9.80 Å². The largest absolute Gasteiger partial charge is 0.422 e. The number of carbonyl (C=O) groups excluding carboxylic acids is 2. The van der Waals surface area contributed by atoms with Gasteiger partial charge in [0.1, 0.15) is 17.5 Å². The van der Waals surface area contributed by atoms with Gasteiger partial charge in [-0.25, -0.2) is 4.79 Å². The number of primary amides is 1. The molecule has 0 spiro atoms. The fourth-order valence-corrected chi connectivity index (χ4v) is 2.52. The van der Waals surface area contributed by atoms with Crippen LogP contribution in [0.15, 0.2) is 59.7 Å². The second-order valence-electron chi connectivity index (χ2n) is 5.56. The number of hydrogen-bond donors (Lipinski definition) is 1. The molecule has 0 aliphatic carbocycles. The molecule has 0 fully saturated rings. The van der Waals surface area contributed by atoms with Crippen molar-refractivity contribution >= 4 is 23.3 Å². The Hall–Kier alpha value is -3.15. The van der Waals surface area contributed by atoms with Gasteiger partial charge in [0, 0.05) is 6.42 Å². The SMILES string of the molecule is Cc1cccc(OC(=O)C2=NN(c3ccccc3)C(C(N)=O)C2)c1. The molecule has 2 N–H and O–H groups in total. The molecule has 2 aromatic rings. The summed E-state index contributed by atoms with van der Waals surface area (Å²) in [7, 11) is 0. The summed E-state index contributed by atoms with van der Waals surface area (Å²) in [5, 5.41) is 5.72. The predicted molar refractivity (Wildman–Crippen MR) is 90.8 cm³/mol. The number of carbonyl (C=O) groups is 2. The number of hydrazone groups is 1. The van der Waals surface area contributed by atoms with E-state index in [4.69, 9.17) is 10.5 Å². The zero-order valence-corrected chi connectivity index (χ0v) is 13.2. The summed E-state index contributed by atoms with van der Waals surface area (Å²) >= 11 is 0. The van der Waals surface area contributed by atoms with Crippen molar-refractivity contribution in [1.29, 1.82) is 0 Å². The number of para-hydroxylation sites is 1. The van der Waals surface area contributed by atoms with Gasteiger partial charge in [0.25, 0.3) is 0 Å². The molecule has 6 heteroatoms. The molecule has 1 unspecified atom stereocenters. The van der Waals surface area contributed by atoms with E-state index in [2.05, 4.69) is 5.10 Å². The van der Waals surface area contributed by atoms with Crippen LogP contribution >= 0.6 is 0 Å². The Balaban J connectivity index is 1.82. The molecule has 3 rings (SSSR count). The number of benzene rings is 2. The van der Waals surface area contributed by atoms with Crippen LogP contribution in [0.3, 0.4) is 0 Å². The van der Waals surface area contributed by atoms with Crippen LogP contribution in [0.2, 0.25) is 0 Å². The van der Waals surface area contributed by atoms with Crippen molar-refractivity contribution < 1.29 is 14.3 Å². The van der Waals surface area contributed by atoms with Crippen LogP contribution in [0.1, 0.15) is 12.0 Å². The number of esters is 1. The summed E-state index contributed by atoms with van der Waals surface area (Å²) in [6.45, 7) is 1.91. The van der Waals surface area contributed by atoms with E-state index < -0.39 is 17.9 Å². The maximum atomic E-state index is 12.3. The number of rotatable bonds is 4. The van der Waals surface area contributed by atoms with Gasteiger partial charge in [-0.2, -0.15) is 5.10 Å². The maximum Gasteiger partial charge on any atom is 0.359 e. The zero-order valence-electron chi connectivity index (χ0n) is 13.2. The monoisotopic (exact) mass is 323 g/mol. The molecule has 6 nitrogen and oxygen atoms in total. The Labute approximate surface area is 139 Å². The van der Waals surface area contributed by atoms with Crippen LogP contribution in [0.4, 0.5) is 5.69 Å². The molecule has 1 amide bonds. The van der Waals surface area contributed by atoms with Crippen molar-refractivity contribution in [3.05, 3.63) is 60.2 Å². The highest BCUT2D eigenvalue weighted by Crippen LogP contribution is 2.25. The first-order valence-corrected chi connectivity index (χ1v) is 7.54. The van der Waals surface area contributed by atoms with Crippen LogP contribution in [0.5, 0.6) is 5.75 Å². The highest BCUT2D eigenvalue weighted by atomic mass is 16.5. The molecule has 0 aromatic heterocycles. The molecule has 1 atom stereocenters. The summed E-state index contributed by atoms with van der Waals surface area (Å²) in [6.07, 6.45) is 0.120. The minimum Gasteiger partial charge on any atom is -0.422 e. The Kier molecular flexibility index (Phi) is 4.29. The lowest BCUT2D eigenvalue weighted by Crippen LogP contribution is -2.39. The van der Waals surface area contributed by atoms with E-state index in [1.165, 1.54) is 5.01 Å². The maximum absolute atomic E-state index is 12.3. The van der Waals surface area contributed by atoms with E-state index in [1.807, 2.05) is 31.2 Å². The lowest BCUT2D eigenvalue weighted by atomic mass is 10.1. The van der Waals surface area contributed by atoms with Gasteiger partial charge in [0.05, 0.1) is 5.69 Å². The van der Waals surface area contributed by atoms with Crippen molar-refractivity contribution in [2.75, 3.05) is 5.01 Å². The number of amides is 1. The van der Waals surface area contributed by atoms with Crippen molar-refractivity contribution in [2.24, 2.45) is 10.8 Å². The van der Waals surface area contributed by atoms with E-state index in [0.717, 1.165) is 5.56 Å². The molecular formula is C18H17N3O3. The predicted octanol–water partition coefficient (Wildman–Crippen LogP) is 2.02. The number of hydrogen-bond acceptors (Lipinski definition) is 5. The lowest BCUT2D eigenvalue weighted by Gasteiger charge is -2.20. The average molecular weight is 323 g/mol. The quantitative estimate of drug-likeness (QED) is 0.689. The van der Waals surface area contributed by atoms with Crippen molar-refractivity contribution in [2.45, 2.75) is 19.4 Å². The molecule has 0 saturated heterocycles. The molecule has 122 valence electrons. The third-order valence-corrected chi connectivity index (χ3v) is 3.70. The molecule has 0 bridgehead atoms. The van der Waals surface area contributed by atoms with Gasteiger partial charge in [-0.1, -0.05) is 30.3 Å². The molecule has 1 aliphatic rings. The number of nitrogens with zero attached hydrogens (tertiary/aromatic N) is 2. The molecule has 0 radical (unpaired) electrons. The number of aryl methyl sites for hydroxylation is 1. The molecule has 24 heavy (non-hydrogen) atoms. The van der Waals surface area contributed by atoms with Gasteiger partial charge in [-0.15, -0.1) is 0 Å². The summed E-state index contributed by atoms with van der Waals surface area (Å²) in [6, 6.07) is 15.6. The van der Waals surface area contributed by atoms with E-state index >= 15 is 0 Å². The zero-order chi connectivity index (χ0) is 17.1. The summed E-state index contributed by atoms with van der Waals surface area (Å²) in [4.78, 5) is 24.1. The van der Waals surface area contributed by atoms with Crippen molar-refractivity contribution in [1.82, 2.24) is 0 Å². The summed E-state index contributed by atoms with van der Waals surface area (Å²) in [5.41, 5.74) is 7.30. The van der Waals surface area contributed by atoms with Gasteiger partial charge >= 0.3 is 5.97 Å². The highest BCUT2D eigenvalue weighted by molar-refractivity contribution is 6.38. The minimum absolute atomic E-state index is 0.120. The summed E-state index contributed by atoms with van der Waals surface area (Å²) in [5.74, 6) is -0.678. The molecule has 0 saturated carbocycles. The van der Waals surface area contributed by atoms with E-state index in [1.54, 1.807) is 30.3 Å². The third-order valence-electron chi connectivity index (χ3n) is 3.70. The first-order chi connectivity index (χ1) is 11.5. The Bertz CT molecular complexity index is 802. The second kappa shape index (κ2) is 6.54. The number of anilines is 1. The molecular weight excluding hydrogens is 306 g/mol. The standard InChI is InChI=1S/C18H17N3O3/c1-12-6-5-9-14(10-12)24-18(23)15-11-16(17(19)22)21(20-15)13-7-3-2-4-8-13/h2-10,16H,11H2,1H3,(H2,19,22). The normalized spacial score (nSPS) is 16.6. The Morgan fingerprint density at radius 3 is 2.58 bits per heavy atom. The first-order valence-electron chi connectivity index (χ1n) is 7.54. The first kappa shape index (κ1) is 15.7. The van der Waals surface area contributed by atoms with Crippen molar-refractivity contribution in [3.8, 4) is 5.75 Å². The second-order valence-corrected chi connectivity index (χ2v) is 5.56. The van der Waals surface area contributed by atoms with Gasteiger partial charge < -0.3 is 10.5 Å². The van der Waals surface area contributed by atoms with Crippen LogP contribution in [-0.4, -0.2) is 23.6 Å². The Morgan fingerprint density at radius 1 is 1.17 bits per heavy atom. The third kappa shape index (κ3) is 3.27. The topological polar surface area (TPSA) is 85.0 Å². The molecule has 2 aromatic carbocycles.